The summed E-state index contributed by atoms with van der Waals surface area (Å²) in [7, 11) is 0. The summed E-state index contributed by atoms with van der Waals surface area (Å²) < 4.78 is 13.4. The molecule has 0 bridgehead atoms. The lowest BCUT2D eigenvalue weighted by atomic mass is 10.0. The smallest absolute Gasteiger partial charge is 0.227 e. The number of nitrogens with two attached hydrogens (primary N) is 1. The van der Waals surface area contributed by atoms with Crippen molar-refractivity contribution in [3.05, 3.63) is 24.0 Å². The summed E-state index contributed by atoms with van der Waals surface area (Å²) in [5.41, 5.74) is 5.95. The van der Waals surface area contributed by atoms with Gasteiger partial charge in [-0.1, -0.05) is 13.8 Å². The van der Waals surface area contributed by atoms with Crippen molar-refractivity contribution in [2.75, 3.05) is 11.1 Å². The Morgan fingerprint density at radius 1 is 1.44 bits per heavy atom. The molecule has 0 aliphatic heterocycles. The fourth-order valence-electron chi connectivity index (χ4n) is 1.53. The van der Waals surface area contributed by atoms with Crippen LogP contribution in [0.15, 0.2) is 18.2 Å². The largest absolute Gasteiger partial charge is 0.399 e. The zero-order valence-electron chi connectivity index (χ0n) is 9.59. The van der Waals surface area contributed by atoms with E-state index in [2.05, 4.69) is 5.32 Å². The average molecular weight is 224 g/mol. The third kappa shape index (κ3) is 2.95. The Labute approximate surface area is 94.8 Å². The quantitative estimate of drug-likeness (QED) is 0.773. The van der Waals surface area contributed by atoms with E-state index < -0.39 is 5.82 Å². The third-order valence-corrected chi connectivity index (χ3v) is 2.61. The topological polar surface area (TPSA) is 55.1 Å². The minimum Gasteiger partial charge on any atom is -0.399 e. The molecule has 0 spiro atoms. The van der Waals surface area contributed by atoms with Crippen molar-refractivity contribution in [1.82, 2.24) is 0 Å². The number of hydrogen-bond donors (Lipinski definition) is 2. The number of amides is 1. The van der Waals surface area contributed by atoms with Crippen molar-refractivity contribution >= 4 is 17.3 Å². The molecule has 1 aromatic rings. The van der Waals surface area contributed by atoms with Crippen LogP contribution >= 0.6 is 0 Å². The number of carbonyl (C=O) groups is 1. The van der Waals surface area contributed by atoms with E-state index in [1.165, 1.54) is 12.1 Å². The van der Waals surface area contributed by atoms with Crippen molar-refractivity contribution in [3.8, 4) is 0 Å². The lowest BCUT2D eigenvalue weighted by Crippen LogP contribution is -2.22. The van der Waals surface area contributed by atoms with Crippen LogP contribution in [0.2, 0.25) is 0 Å². The molecule has 0 aromatic heterocycles. The number of benzene rings is 1. The maximum atomic E-state index is 13.4. The van der Waals surface area contributed by atoms with Crippen LogP contribution in [-0.2, 0) is 4.79 Å². The summed E-state index contributed by atoms with van der Waals surface area (Å²) in [5, 5.41) is 2.57. The highest BCUT2D eigenvalue weighted by Crippen LogP contribution is 2.19. The van der Waals surface area contributed by atoms with E-state index in [0.29, 0.717) is 5.69 Å². The average Bonchev–Trinajstić information content (AvgIpc) is 2.24. The van der Waals surface area contributed by atoms with Crippen LogP contribution in [0.5, 0.6) is 0 Å². The second-order valence-corrected chi connectivity index (χ2v) is 3.74. The van der Waals surface area contributed by atoms with Crippen molar-refractivity contribution < 1.29 is 9.18 Å². The van der Waals surface area contributed by atoms with Crippen LogP contribution < -0.4 is 11.1 Å². The summed E-state index contributed by atoms with van der Waals surface area (Å²) in [5.74, 6) is -0.718. The van der Waals surface area contributed by atoms with E-state index in [0.717, 1.165) is 12.8 Å². The number of nitrogens with one attached hydrogen (secondary N) is 1. The fraction of sp³-hybridized carbons (Fsp3) is 0.417. The van der Waals surface area contributed by atoms with Gasteiger partial charge in [0.05, 0.1) is 5.69 Å². The number of hydrogen-bond acceptors (Lipinski definition) is 2. The summed E-state index contributed by atoms with van der Waals surface area (Å²) in [6.07, 6.45) is 1.50. The molecule has 1 aromatic carbocycles. The lowest BCUT2D eigenvalue weighted by molar-refractivity contribution is -0.120. The summed E-state index contributed by atoms with van der Waals surface area (Å²) in [6.45, 7) is 3.88. The van der Waals surface area contributed by atoms with Crippen LogP contribution in [0.4, 0.5) is 15.8 Å². The second-order valence-electron chi connectivity index (χ2n) is 3.74. The molecule has 0 aliphatic rings. The molecule has 0 atom stereocenters. The molecule has 4 heteroatoms. The highest BCUT2D eigenvalue weighted by Gasteiger charge is 2.15. The first kappa shape index (κ1) is 12.5. The highest BCUT2D eigenvalue weighted by atomic mass is 19.1. The van der Waals surface area contributed by atoms with Gasteiger partial charge >= 0.3 is 0 Å². The van der Waals surface area contributed by atoms with Gasteiger partial charge in [-0.25, -0.2) is 4.39 Å². The molecule has 0 fully saturated rings. The number of halogens is 1. The molecule has 0 aliphatic carbocycles. The van der Waals surface area contributed by atoms with E-state index in [-0.39, 0.29) is 17.5 Å². The zero-order valence-corrected chi connectivity index (χ0v) is 9.59. The van der Waals surface area contributed by atoms with Crippen molar-refractivity contribution in [3.63, 3.8) is 0 Å². The second kappa shape index (κ2) is 5.49. The van der Waals surface area contributed by atoms with Gasteiger partial charge in [0.15, 0.2) is 0 Å². The van der Waals surface area contributed by atoms with Crippen molar-refractivity contribution in [1.29, 1.82) is 0 Å². The van der Waals surface area contributed by atoms with Gasteiger partial charge in [0, 0.05) is 11.6 Å². The molecule has 0 saturated heterocycles. The lowest BCUT2D eigenvalue weighted by Gasteiger charge is -2.13. The SMILES string of the molecule is CCC(CC)C(=O)Nc1ccc(N)cc1F. The molecule has 88 valence electrons. The highest BCUT2D eigenvalue weighted by molar-refractivity contribution is 5.92. The third-order valence-electron chi connectivity index (χ3n) is 2.61. The Bertz CT molecular complexity index is 375. The molecule has 0 radical (unpaired) electrons. The number of anilines is 2. The molecule has 1 rings (SSSR count). The molecule has 16 heavy (non-hydrogen) atoms. The van der Waals surface area contributed by atoms with E-state index in [9.17, 15) is 9.18 Å². The van der Waals surface area contributed by atoms with Crippen LogP contribution in [0.25, 0.3) is 0 Å². The normalized spacial score (nSPS) is 10.5. The molecular formula is C12H17FN2O. The fourth-order valence-corrected chi connectivity index (χ4v) is 1.53. The van der Waals surface area contributed by atoms with Crippen LogP contribution in [0.1, 0.15) is 26.7 Å². The van der Waals surface area contributed by atoms with E-state index in [4.69, 9.17) is 5.73 Å². The Morgan fingerprint density at radius 3 is 2.56 bits per heavy atom. The molecular weight excluding hydrogens is 207 g/mol. The molecule has 1 amide bonds. The first-order valence-corrected chi connectivity index (χ1v) is 5.44. The van der Waals surface area contributed by atoms with Gasteiger partial charge in [-0.2, -0.15) is 0 Å². The predicted octanol–water partition coefficient (Wildman–Crippen LogP) is 2.78. The molecule has 0 unspecified atom stereocenters. The number of nitrogen functional groups attached to an aromatic ring is 1. The molecule has 0 heterocycles. The van der Waals surface area contributed by atoms with Gasteiger partial charge in [0.2, 0.25) is 5.91 Å². The van der Waals surface area contributed by atoms with E-state index in [1.54, 1.807) is 6.07 Å². The van der Waals surface area contributed by atoms with Gasteiger partial charge in [-0.05, 0) is 31.0 Å². The van der Waals surface area contributed by atoms with Gasteiger partial charge in [-0.3, -0.25) is 4.79 Å². The van der Waals surface area contributed by atoms with E-state index in [1.807, 2.05) is 13.8 Å². The van der Waals surface area contributed by atoms with Crippen LogP contribution in [0, 0.1) is 11.7 Å². The monoisotopic (exact) mass is 224 g/mol. The van der Waals surface area contributed by atoms with Gasteiger partial charge in [-0.15, -0.1) is 0 Å². The molecule has 3 nitrogen and oxygen atoms in total. The molecule has 0 saturated carbocycles. The standard InChI is InChI=1S/C12H17FN2O/c1-3-8(4-2)12(16)15-11-6-5-9(14)7-10(11)13/h5-8H,3-4,14H2,1-2H3,(H,15,16). The number of carbonyl (C=O) groups excluding carboxylic acids is 1. The first-order valence-electron chi connectivity index (χ1n) is 5.44. The molecule has 3 N–H and O–H groups in total. The Kier molecular flexibility index (Phi) is 4.28. The van der Waals surface area contributed by atoms with Crippen LogP contribution in [0.3, 0.4) is 0 Å². The summed E-state index contributed by atoms with van der Waals surface area (Å²) >= 11 is 0. The van der Waals surface area contributed by atoms with E-state index >= 15 is 0 Å². The first-order chi connectivity index (χ1) is 7.58. The van der Waals surface area contributed by atoms with Gasteiger partial charge in [0.25, 0.3) is 0 Å². The summed E-state index contributed by atoms with van der Waals surface area (Å²) in [4.78, 5) is 11.7. The Hall–Kier alpha value is -1.58. The van der Waals surface area contributed by atoms with Gasteiger partial charge < -0.3 is 11.1 Å². The minimum absolute atomic E-state index is 0.0723. The predicted molar refractivity (Wildman–Crippen MR) is 63.5 cm³/mol. The minimum atomic E-state index is -0.501. The van der Waals surface area contributed by atoms with Gasteiger partial charge in [0.1, 0.15) is 5.82 Å². The van der Waals surface area contributed by atoms with Crippen molar-refractivity contribution in [2.45, 2.75) is 26.7 Å². The number of rotatable bonds is 4. The van der Waals surface area contributed by atoms with Crippen molar-refractivity contribution in [2.24, 2.45) is 5.92 Å². The maximum Gasteiger partial charge on any atom is 0.227 e. The Balaban J connectivity index is 2.76. The van der Waals surface area contributed by atoms with Crippen LogP contribution in [-0.4, -0.2) is 5.91 Å². The zero-order chi connectivity index (χ0) is 12.1. The summed E-state index contributed by atoms with van der Waals surface area (Å²) in [6, 6.07) is 4.24. The Morgan fingerprint density at radius 2 is 2.06 bits per heavy atom. The maximum absolute atomic E-state index is 13.4.